The van der Waals surface area contributed by atoms with Crippen LogP contribution in [0.2, 0.25) is 0 Å². The van der Waals surface area contributed by atoms with Crippen molar-refractivity contribution >= 4 is 0 Å². The molecule has 0 radical (unpaired) electrons. The number of aromatic hydroxyl groups is 1. The maximum Gasteiger partial charge on any atom is 0.115 e. The van der Waals surface area contributed by atoms with Crippen LogP contribution in [0.4, 0.5) is 0 Å². The number of phenolic OH excluding ortho intramolecular Hbond substituents is 1. The molecular formula is C19H14N4O. The van der Waals surface area contributed by atoms with Crippen molar-refractivity contribution in [2.24, 2.45) is 0 Å². The van der Waals surface area contributed by atoms with Gasteiger partial charge in [-0.05, 0) is 48.0 Å². The van der Waals surface area contributed by atoms with Crippen molar-refractivity contribution in [3.8, 4) is 33.8 Å². The Kier molecular flexibility index (Phi) is 3.51. The van der Waals surface area contributed by atoms with Crippen molar-refractivity contribution in [2.75, 3.05) is 0 Å². The third-order valence-corrected chi connectivity index (χ3v) is 3.84. The van der Waals surface area contributed by atoms with Gasteiger partial charge in [-0.25, -0.2) is 4.98 Å². The Balaban J connectivity index is 1.76. The predicted octanol–water partition coefficient (Wildman–Crippen LogP) is 3.70. The van der Waals surface area contributed by atoms with E-state index < -0.39 is 0 Å². The SMILES string of the molecule is Oc1ccc(-c2nnccc2-c2ccc(-n3ccnc3)cc2)cc1. The normalized spacial score (nSPS) is 10.7. The number of imidazole rings is 1. The summed E-state index contributed by atoms with van der Waals surface area (Å²) in [5.41, 5.74) is 4.79. The van der Waals surface area contributed by atoms with Crippen molar-refractivity contribution in [1.82, 2.24) is 19.7 Å². The summed E-state index contributed by atoms with van der Waals surface area (Å²) in [5.74, 6) is 0.230. The molecule has 0 saturated heterocycles. The number of hydrogen-bond acceptors (Lipinski definition) is 4. The Labute approximate surface area is 138 Å². The van der Waals surface area contributed by atoms with Crippen molar-refractivity contribution in [3.05, 3.63) is 79.5 Å². The fourth-order valence-corrected chi connectivity index (χ4v) is 2.62. The first kappa shape index (κ1) is 14.1. The highest BCUT2D eigenvalue weighted by atomic mass is 16.3. The molecule has 5 heteroatoms. The van der Waals surface area contributed by atoms with Crippen LogP contribution < -0.4 is 0 Å². The molecule has 0 spiro atoms. The smallest absolute Gasteiger partial charge is 0.115 e. The minimum Gasteiger partial charge on any atom is -0.508 e. The fourth-order valence-electron chi connectivity index (χ4n) is 2.62. The van der Waals surface area contributed by atoms with Crippen LogP contribution in [0.5, 0.6) is 5.75 Å². The topological polar surface area (TPSA) is 63.8 Å². The summed E-state index contributed by atoms with van der Waals surface area (Å²) < 4.78 is 1.95. The standard InChI is InChI=1S/C19H14N4O/c24-17-7-3-15(4-8-17)19-18(9-10-21-22-19)14-1-5-16(6-2-14)23-12-11-20-13-23/h1-13,24H. The van der Waals surface area contributed by atoms with E-state index in [-0.39, 0.29) is 5.75 Å². The molecule has 2 aromatic carbocycles. The molecule has 0 aliphatic heterocycles. The fraction of sp³-hybridized carbons (Fsp3) is 0. The third-order valence-electron chi connectivity index (χ3n) is 3.84. The average molecular weight is 314 g/mol. The zero-order chi connectivity index (χ0) is 16.4. The van der Waals surface area contributed by atoms with Crippen molar-refractivity contribution in [1.29, 1.82) is 0 Å². The van der Waals surface area contributed by atoms with E-state index in [9.17, 15) is 5.11 Å². The second kappa shape index (κ2) is 5.96. The Morgan fingerprint density at radius 1 is 0.792 bits per heavy atom. The molecule has 0 atom stereocenters. The lowest BCUT2D eigenvalue weighted by Crippen LogP contribution is -1.93. The van der Waals surface area contributed by atoms with E-state index in [1.54, 1.807) is 30.9 Å². The van der Waals surface area contributed by atoms with Gasteiger partial charge in [-0.2, -0.15) is 5.10 Å². The lowest BCUT2D eigenvalue weighted by molar-refractivity contribution is 0.475. The molecule has 0 aliphatic rings. The predicted molar refractivity (Wildman–Crippen MR) is 91.7 cm³/mol. The molecular weight excluding hydrogens is 300 g/mol. The molecule has 24 heavy (non-hydrogen) atoms. The molecule has 0 bridgehead atoms. The van der Waals surface area contributed by atoms with Gasteiger partial charge in [-0.3, -0.25) is 0 Å². The second-order valence-electron chi connectivity index (χ2n) is 5.36. The number of rotatable bonds is 3. The van der Waals surface area contributed by atoms with E-state index in [1.807, 2.05) is 41.1 Å². The highest BCUT2D eigenvalue weighted by Gasteiger charge is 2.09. The van der Waals surface area contributed by atoms with Gasteiger partial charge in [0.1, 0.15) is 11.4 Å². The second-order valence-corrected chi connectivity index (χ2v) is 5.36. The summed E-state index contributed by atoms with van der Waals surface area (Å²) in [6.45, 7) is 0. The molecule has 0 fully saturated rings. The number of nitrogens with zero attached hydrogens (tertiary/aromatic N) is 4. The van der Waals surface area contributed by atoms with E-state index in [4.69, 9.17) is 0 Å². The van der Waals surface area contributed by atoms with Crippen molar-refractivity contribution < 1.29 is 5.11 Å². The van der Waals surface area contributed by atoms with Crippen LogP contribution in [0.15, 0.2) is 79.5 Å². The van der Waals surface area contributed by atoms with Crippen LogP contribution in [-0.4, -0.2) is 24.9 Å². The van der Waals surface area contributed by atoms with Crippen LogP contribution in [-0.2, 0) is 0 Å². The highest BCUT2D eigenvalue weighted by Crippen LogP contribution is 2.30. The molecule has 4 rings (SSSR count). The minimum absolute atomic E-state index is 0.230. The lowest BCUT2D eigenvalue weighted by atomic mass is 10.00. The quantitative estimate of drug-likeness (QED) is 0.626. The summed E-state index contributed by atoms with van der Waals surface area (Å²) in [5, 5.41) is 17.8. The minimum atomic E-state index is 0.230. The summed E-state index contributed by atoms with van der Waals surface area (Å²) in [6.07, 6.45) is 7.11. The zero-order valence-electron chi connectivity index (χ0n) is 12.7. The molecule has 4 aromatic rings. The van der Waals surface area contributed by atoms with E-state index in [1.165, 1.54) is 0 Å². The van der Waals surface area contributed by atoms with Gasteiger partial charge in [-0.15, -0.1) is 5.10 Å². The summed E-state index contributed by atoms with van der Waals surface area (Å²) in [7, 11) is 0. The Morgan fingerprint density at radius 2 is 1.54 bits per heavy atom. The number of aromatic nitrogens is 4. The molecule has 0 aliphatic carbocycles. The van der Waals surface area contributed by atoms with Gasteiger partial charge in [0.05, 0.1) is 12.5 Å². The van der Waals surface area contributed by atoms with Crippen LogP contribution in [0.1, 0.15) is 0 Å². The van der Waals surface area contributed by atoms with Crippen LogP contribution in [0, 0.1) is 0 Å². The van der Waals surface area contributed by atoms with Gasteiger partial charge in [0, 0.05) is 29.2 Å². The summed E-state index contributed by atoms with van der Waals surface area (Å²) in [4.78, 5) is 4.06. The van der Waals surface area contributed by atoms with E-state index in [0.717, 1.165) is 28.1 Å². The Morgan fingerprint density at radius 3 is 2.25 bits per heavy atom. The highest BCUT2D eigenvalue weighted by molar-refractivity contribution is 5.80. The third kappa shape index (κ3) is 2.63. The molecule has 1 N–H and O–H groups in total. The first-order valence-electron chi connectivity index (χ1n) is 7.51. The van der Waals surface area contributed by atoms with E-state index >= 15 is 0 Å². The Bertz CT molecular complexity index is 946. The van der Waals surface area contributed by atoms with Crippen molar-refractivity contribution in [2.45, 2.75) is 0 Å². The monoisotopic (exact) mass is 314 g/mol. The first-order chi connectivity index (χ1) is 11.8. The molecule has 2 heterocycles. The Hall–Kier alpha value is -3.47. The first-order valence-corrected chi connectivity index (χ1v) is 7.51. The van der Waals surface area contributed by atoms with Gasteiger partial charge in [0.15, 0.2) is 0 Å². The molecule has 5 nitrogen and oxygen atoms in total. The van der Waals surface area contributed by atoms with E-state index in [2.05, 4.69) is 27.3 Å². The maximum absolute atomic E-state index is 9.47. The largest absolute Gasteiger partial charge is 0.508 e. The molecule has 116 valence electrons. The maximum atomic E-state index is 9.47. The van der Waals surface area contributed by atoms with Crippen LogP contribution in [0.25, 0.3) is 28.1 Å². The zero-order valence-corrected chi connectivity index (χ0v) is 12.7. The van der Waals surface area contributed by atoms with Gasteiger partial charge >= 0.3 is 0 Å². The molecule has 2 aromatic heterocycles. The van der Waals surface area contributed by atoms with Crippen molar-refractivity contribution in [3.63, 3.8) is 0 Å². The van der Waals surface area contributed by atoms with Gasteiger partial charge in [0.2, 0.25) is 0 Å². The van der Waals surface area contributed by atoms with Gasteiger partial charge in [-0.1, -0.05) is 12.1 Å². The molecule has 0 unspecified atom stereocenters. The van der Waals surface area contributed by atoms with Gasteiger partial charge < -0.3 is 9.67 Å². The van der Waals surface area contributed by atoms with Crippen LogP contribution in [0.3, 0.4) is 0 Å². The number of benzene rings is 2. The number of phenols is 1. The van der Waals surface area contributed by atoms with Crippen LogP contribution >= 0.6 is 0 Å². The lowest BCUT2D eigenvalue weighted by Gasteiger charge is -2.09. The van der Waals surface area contributed by atoms with Gasteiger partial charge in [0.25, 0.3) is 0 Å². The summed E-state index contributed by atoms with van der Waals surface area (Å²) in [6, 6.07) is 17.1. The molecule has 0 amide bonds. The summed E-state index contributed by atoms with van der Waals surface area (Å²) >= 11 is 0. The average Bonchev–Trinajstić information content (AvgIpc) is 3.17. The molecule has 0 saturated carbocycles. The van der Waals surface area contributed by atoms with E-state index in [0.29, 0.717) is 0 Å². The number of hydrogen-bond donors (Lipinski definition) is 1.